The van der Waals surface area contributed by atoms with Crippen molar-refractivity contribution in [3.8, 4) is 0 Å². The molecule has 0 aromatic heterocycles. The zero-order valence-electron chi connectivity index (χ0n) is 15.0. The second-order valence-electron chi connectivity index (χ2n) is 7.02. The van der Waals surface area contributed by atoms with Crippen LogP contribution >= 0.6 is 23.5 Å². The summed E-state index contributed by atoms with van der Waals surface area (Å²) in [7, 11) is 0. The van der Waals surface area contributed by atoms with Crippen molar-refractivity contribution in [3.63, 3.8) is 0 Å². The maximum absolute atomic E-state index is 11.5. The first-order valence-corrected chi connectivity index (χ1v) is 10.8. The Hall–Kier alpha value is -1.19. The number of carbonyl (C=O) groups excluding carboxylic acids is 1. The molecule has 132 valence electrons. The van der Waals surface area contributed by atoms with E-state index in [0.29, 0.717) is 16.3 Å². The topological polar surface area (TPSA) is 17.1 Å². The van der Waals surface area contributed by atoms with Crippen LogP contribution in [0.2, 0.25) is 0 Å². The third-order valence-corrected chi connectivity index (χ3v) is 7.40. The number of thioether (sulfide) groups is 2. The standard InChI is InChI=1S/C22H26OS2/c1-16-3-10-20(11-4-16)24-22(14-8-18-7-9-19(23)15-18)25-21-12-5-17(2)6-13-21/h3-6,10-13,18,22H,7-9,14-15H2,1-2H3/t18-/m0/s1. The minimum Gasteiger partial charge on any atom is -0.300 e. The number of hydrogen-bond acceptors (Lipinski definition) is 3. The molecule has 2 aromatic rings. The van der Waals surface area contributed by atoms with E-state index in [0.717, 1.165) is 32.1 Å². The lowest BCUT2D eigenvalue weighted by molar-refractivity contribution is -0.117. The van der Waals surface area contributed by atoms with E-state index in [-0.39, 0.29) is 0 Å². The van der Waals surface area contributed by atoms with Crippen LogP contribution in [-0.2, 0) is 4.79 Å². The highest BCUT2D eigenvalue weighted by atomic mass is 32.2. The monoisotopic (exact) mass is 370 g/mol. The van der Waals surface area contributed by atoms with Crippen LogP contribution in [0.5, 0.6) is 0 Å². The summed E-state index contributed by atoms with van der Waals surface area (Å²) >= 11 is 3.92. The molecule has 3 rings (SSSR count). The van der Waals surface area contributed by atoms with E-state index >= 15 is 0 Å². The molecule has 0 aliphatic heterocycles. The summed E-state index contributed by atoms with van der Waals surface area (Å²) in [4.78, 5) is 14.2. The number of ketones is 1. The Morgan fingerprint density at radius 2 is 1.44 bits per heavy atom. The van der Waals surface area contributed by atoms with Gasteiger partial charge < -0.3 is 0 Å². The van der Waals surface area contributed by atoms with Crippen molar-refractivity contribution < 1.29 is 4.79 Å². The van der Waals surface area contributed by atoms with Gasteiger partial charge in [0.2, 0.25) is 0 Å². The minimum absolute atomic E-state index is 0.457. The van der Waals surface area contributed by atoms with Crippen LogP contribution in [0.15, 0.2) is 58.3 Å². The first kappa shape index (κ1) is 18.6. The lowest BCUT2D eigenvalue weighted by Gasteiger charge is -2.18. The van der Waals surface area contributed by atoms with Gasteiger partial charge in [-0.3, -0.25) is 4.79 Å². The van der Waals surface area contributed by atoms with E-state index in [4.69, 9.17) is 0 Å². The van der Waals surface area contributed by atoms with Gasteiger partial charge in [-0.05, 0) is 63.3 Å². The van der Waals surface area contributed by atoms with Gasteiger partial charge in [0.05, 0.1) is 4.58 Å². The van der Waals surface area contributed by atoms with E-state index in [2.05, 4.69) is 62.4 Å². The number of aryl methyl sites for hydroxylation is 2. The quantitative estimate of drug-likeness (QED) is 0.400. The van der Waals surface area contributed by atoms with E-state index in [1.807, 2.05) is 23.5 Å². The van der Waals surface area contributed by atoms with Crippen molar-refractivity contribution >= 4 is 29.3 Å². The highest BCUT2D eigenvalue weighted by molar-refractivity contribution is 8.17. The van der Waals surface area contributed by atoms with Crippen molar-refractivity contribution in [2.24, 2.45) is 5.92 Å². The Morgan fingerprint density at radius 3 is 1.88 bits per heavy atom. The molecule has 1 aliphatic carbocycles. The summed E-state index contributed by atoms with van der Waals surface area (Å²) in [5, 5.41) is 0. The van der Waals surface area contributed by atoms with Crippen LogP contribution in [-0.4, -0.2) is 10.4 Å². The second-order valence-corrected chi connectivity index (χ2v) is 9.87. The summed E-state index contributed by atoms with van der Waals surface area (Å²) < 4.78 is 0.487. The molecule has 0 spiro atoms. The lowest BCUT2D eigenvalue weighted by Crippen LogP contribution is -2.03. The van der Waals surface area contributed by atoms with Crippen molar-refractivity contribution in [1.82, 2.24) is 0 Å². The number of benzene rings is 2. The molecular weight excluding hydrogens is 344 g/mol. The Balaban J connectivity index is 1.64. The third kappa shape index (κ3) is 5.93. The van der Waals surface area contributed by atoms with Gasteiger partial charge in [0.1, 0.15) is 5.78 Å². The predicted molar refractivity (Wildman–Crippen MR) is 109 cm³/mol. The average molecular weight is 371 g/mol. The Labute approximate surface area is 160 Å². The molecule has 1 aliphatic rings. The van der Waals surface area contributed by atoms with Gasteiger partial charge >= 0.3 is 0 Å². The molecule has 1 atom stereocenters. The van der Waals surface area contributed by atoms with Crippen LogP contribution < -0.4 is 0 Å². The van der Waals surface area contributed by atoms with Gasteiger partial charge in [0, 0.05) is 22.6 Å². The molecule has 0 amide bonds. The Morgan fingerprint density at radius 1 is 0.920 bits per heavy atom. The second kappa shape index (κ2) is 8.95. The van der Waals surface area contributed by atoms with Gasteiger partial charge in [-0.1, -0.05) is 35.4 Å². The molecule has 0 radical (unpaired) electrons. The highest BCUT2D eigenvalue weighted by Crippen LogP contribution is 2.40. The molecule has 1 nitrogen and oxygen atoms in total. The largest absolute Gasteiger partial charge is 0.300 e. The van der Waals surface area contributed by atoms with E-state index < -0.39 is 0 Å². The van der Waals surface area contributed by atoms with E-state index in [9.17, 15) is 4.79 Å². The molecular formula is C22H26OS2. The smallest absolute Gasteiger partial charge is 0.133 e. The van der Waals surface area contributed by atoms with Gasteiger partial charge in [-0.15, -0.1) is 23.5 Å². The average Bonchev–Trinajstić information content (AvgIpc) is 3.02. The molecule has 1 saturated carbocycles. The number of Topliss-reactive ketones (excluding diaryl/α,β-unsaturated/α-hetero) is 1. The molecule has 0 bridgehead atoms. The molecule has 25 heavy (non-hydrogen) atoms. The fraction of sp³-hybridized carbons (Fsp3) is 0.409. The fourth-order valence-electron chi connectivity index (χ4n) is 3.19. The Bertz CT molecular complexity index is 643. The summed E-state index contributed by atoms with van der Waals surface area (Å²) in [5.74, 6) is 1.06. The first-order valence-electron chi connectivity index (χ1n) is 9.07. The van der Waals surface area contributed by atoms with Gasteiger partial charge in [-0.25, -0.2) is 0 Å². The normalized spacial score (nSPS) is 17.4. The molecule has 1 fully saturated rings. The fourth-order valence-corrected chi connectivity index (χ4v) is 5.75. The Kier molecular flexibility index (Phi) is 6.66. The van der Waals surface area contributed by atoms with Crippen LogP contribution in [0.3, 0.4) is 0 Å². The number of rotatable bonds is 7. The van der Waals surface area contributed by atoms with Crippen LogP contribution in [0.4, 0.5) is 0 Å². The third-order valence-electron chi connectivity index (χ3n) is 4.74. The molecule has 0 heterocycles. The van der Waals surface area contributed by atoms with Crippen molar-refractivity contribution in [1.29, 1.82) is 0 Å². The molecule has 0 saturated heterocycles. The van der Waals surface area contributed by atoms with Crippen molar-refractivity contribution in [2.45, 2.75) is 60.3 Å². The van der Waals surface area contributed by atoms with Crippen molar-refractivity contribution in [2.75, 3.05) is 0 Å². The zero-order valence-corrected chi connectivity index (χ0v) is 16.7. The summed E-state index contributed by atoms with van der Waals surface area (Å²) in [6, 6.07) is 17.6. The van der Waals surface area contributed by atoms with Crippen molar-refractivity contribution in [3.05, 3.63) is 59.7 Å². The minimum atomic E-state index is 0.457. The maximum Gasteiger partial charge on any atom is 0.133 e. The highest BCUT2D eigenvalue weighted by Gasteiger charge is 2.23. The molecule has 2 aromatic carbocycles. The first-order chi connectivity index (χ1) is 12.1. The zero-order chi connectivity index (χ0) is 17.6. The van der Waals surface area contributed by atoms with Crippen LogP contribution in [0, 0.1) is 19.8 Å². The molecule has 0 N–H and O–H groups in total. The summed E-state index contributed by atoms with van der Waals surface area (Å²) in [6.07, 6.45) is 5.00. The van der Waals surface area contributed by atoms with Crippen LogP contribution in [0.1, 0.15) is 43.2 Å². The number of hydrogen-bond donors (Lipinski definition) is 0. The van der Waals surface area contributed by atoms with Gasteiger partial charge in [0.15, 0.2) is 0 Å². The number of carbonyl (C=O) groups is 1. The van der Waals surface area contributed by atoms with E-state index in [1.165, 1.54) is 20.9 Å². The van der Waals surface area contributed by atoms with E-state index in [1.54, 1.807) is 0 Å². The van der Waals surface area contributed by atoms with Gasteiger partial charge in [-0.2, -0.15) is 0 Å². The SMILES string of the molecule is Cc1ccc(SC(CC[C@@H]2CCC(=O)C2)Sc2ccc(C)cc2)cc1. The maximum atomic E-state index is 11.5. The summed E-state index contributed by atoms with van der Waals surface area (Å²) in [6.45, 7) is 4.26. The van der Waals surface area contributed by atoms with Gasteiger partial charge in [0.25, 0.3) is 0 Å². The molecule has 3 heteroatoms. The van der Waals surface area contributed by atoms with Crippen LogP contribution in [0.25, 0.3) is 0 Å². The lowest BCUT2D eigenvalue weighted by atomic mass is 10.0. The summed E-state index contributed by atoms with van der Waals surface area (Å²) in [5.41, 5.74) is 2.60. The molecule has 0 unspecified atom stereocenters. The predicted octanol–water partition coefficient (Wildman–Crippen LogP) is 6.66.